The molecule has 286 valence electrons. The molecule has 11 N–H and O–H groups in total. The molecular weight excluding hydrogens is 652 g/mol. The fourth-order valence-corrected chi connectivity index (χ4v) is 5.58. The number of nitrogens with one attached hydrogen (secondary N) is 2. The molecule has 1 aromatic carbocycles. The Labute approximate surface area is 303 Å². The lowest BCUT2D eigenvalue weighted by Gasteiger charge is -2.24. The van der Waals surface area contributed by atoms with Crippen molar-refractivity contribution in [3.8, 4) is 5.75 Å². The van der Waals surface area contributed by atoms with Gasteiger partial charge in [-0.15, -0.1) is 0 Å². The van der Waals surface area contributed by atoms with Gasteiger partial charge < -0.3 is 38.7 Å². The minimum Gasteiger partial charge on any atom is -0.508 e. The quantitative estimate of drug-likeness (QED) is 0.0379. The van der Waals surface area contributed by atoms with Crippen LogP contribution in [0.25, 0.3) is 0 Å². The van der Waals surface area contributed by atoms with E-state index in [2.05, 4.69) is 20.6 Å². The number of phenols is 1. The van der Waals surface area contributed by atoms with Gasteiger partial charge in [0.15, 0.2) is 17.7 Å². The number of carbonyl (C=O) groups excluding carboxylic acids is 5. The van der Waals surface area contributed by atoms with Crippen LogP contribution < -0.4 is 33.6 Å². The van der Waals surface area contributed by atoms with Gasteiger partial charge in [0, 0.05) is 63.1 Å². The van der Waals surface area contributed by atoms with Gasteiger partial charge in [-0.2, -0.15) is 0 Å². The third-order valence-corrected chi connectivity index (χ3v) is 8.73. The van der Waals surface area contributed by atoms with Gasteiger partial charge in [-0.05, 0) is 75.5 Å². The van der Waals surface area contributed by atoms with Crippen molar-refractivity contribution in [2.75, 3.05) is 19.6 Å². The molecule has 0 fully saturated rings. The zero-order valence-corrected chi connectivity index (χ0v) is 30.8. The lowest BCUT2D eigenvalue weighted by atomic mass is 9.90. The van der Waals surface area contributed by atoms with E-state index in [1.165, 1.54) is 12.1 Å². The lowest BCUT2D eigenvalue weighted by molar-refractivity contribution is -0.133. The van der Waals surface area contributed by atoms with E-state index in [-0.39, 0.29) is 71.5 Å². The van der Waals surface area contributed by atoms with Crippen LogP contribution in [0.15, 0.2) is 34.3 Å². The third kappa shape index (κ3) is 20.7. The van der Waals surface area contributed by atoms with E-state index in [1.807, 2.05) is 20.8 Å². The number of Topliss-reactive ketones (excluding diaryl/α,β-unsaturated/α-hetero) is 3. The Morgan fingerprint density at radius 2 is 1.31 bits per heavy atom. The van der Waals surface area contributed by atoms with Gasteiger partial charge in [-0.25, -0.2) is 0 Å². The maximum atomic E-state index is 13.9. The molecule has 3 unspecified atom stereocenters. The number of amides is 2. The zero-order chi connectivity index (χ0) is 38.2. The van der Waals surface area contributed by atoms with Crippen molar-refractivity contribution in [3.05, 3.63) is 29.8 Å². The summed E-state index contributed by atoms with van der Waals surface area (Å²) in [5.41, 5.74) is 22.5. The Hall–Kier alpha value is -4.49. The summed E-state index contributed by atoms with van der Waals surface area (Å²) in [5, 5.41) is 15.6. The van der Waals surface area contributed by atoms with Crippen LogP contribution >= 0.6 is 0 Å². The number of unbranched alkanes of at least 4 members (excludes halogenated alkanes) is 2. The molecule has 0 aromatic heterocycles. The molecule has 1 rings (SSSR count). The summed E-state index contributed by atoms with van der Waals surface area (Å²) in [5.74, 6) is -1.58. The van der Waals surface area contributed by atoms with Crippen molar-refractivity contribution in [3.63, 3.8) is 0 Å². The smallest absolute Gasteiger partial charge is 0.223 e. The van der Waals surface area contributed by atoms with Gasteiger partial charge in [-0.1, -0.05) is 39.3 Å². The maximum Gasteiger partial charge on any atom is 0.223 e. The fraction of sp³-hybridized carbons (Fsp3) is 0.649. The molecule has 14 nitrogen and oxygen atoms in total. The number of hydrogen-bond donors (Lipinski definition) is 7. The summed E-state index contributed by atoms with van der Waals surface area (Å²) < 4.78 is 0. The highest BCUT2D eigenvalue weighted by Crippen LogP contribution is 2.19. The van der Waals surface area contributed by atoms with Gasteiger partial charge >= 0.3 is 0 Å². The molecule has 14 heteroatoms. The second-order valence-corrected chi connectivity index (χ2v) is 13.4. The monoisotopic (exact) mass is 714 g/mol. The number of nitrogens with two attached hydrogens (primary N) is 4. The zero-order valence-electron chi connectivity index (χ0n) is 30.8. The molecule has 0 aliphatic heterocycles. The summed E-state index contributed by atoms with van der Waals surface area (Å²) in [6.07, 6.45) is 6.53. The standard InChI is InChI=1S/C37H62N8O6/c1-4-27(11-9-21-43-36(38)39)35(51)45-31(23-26-16-18-30(47)19-17-26)33(49)24-28(12-10-22-44-37(40)41)34(50)42-20-7-5-6-13-29(46)14-8-15-32(48)25(2)3/h16-19,25,27-28,31,47H,4-15,20-24H2,1-3H3,(H,42,50)(H,45,51)(H4,38,39,43)(H4,40,41,44). The van der Waals surface area contributed by atoms with Gasteiger partial charge in [0.2, 0.25) is 11.8 Å². The number of hydrogen-bond acceptors (Lipinski definition) is 8. The minimum atomic E-state index is -0.900. The second kappa shape index (κ2) is 25.5. The summed E-state index contributed by atoms with van der Waals surface area (Å²) in [6.45, 7) is 6.69. The van der Waals surface area contributed by atoms with E-state index >= 15 is 0 Å². The van der Waals surface area contributed by atoms with Crippen LogP contribution in [0.4, 0.5) is 0 Å². The fourth-order valence-electron chi connectivity index (χ4n) is 5.58. The largest absolute Gasteiger partial charge is 0.508 e. The Bertz CT molecular complexity index is 1290. The van der Waals surface area contributed by atoms with Crippen LogP contribution in [0.1, 0.15) is 110 Å². The Morgan fingerprint density at radius 3 is 1.88 bits per heavy atom. The van der Waals surface area contributed by atoms with Gasteiger partial charge in [0.1, 0.15) is 17.3 Å². The molecule has 0 saturated heterocycles. The van der Waals surface area contributed by atoms with Crippen LogP contribution in [0.3, 0.4) is 0 Å². The Balaban J connectivity index is 2.89. The summed E-state index contributed by atoms with van der Waals surface area (Å²) in [7, 11) is 0. The number of guanidine groups is 2. The first-order valence-corrected chi connectivity index (χ1v) is 18.3. The number of rotatable bonds is 28. The first-order chi connectivity index (χ1) is 24.2. The number of phenolic OH excluding ortho intramolecular Hbond substituents is 1. The van der Waals surface area contributed by atoms with Crippen LogP contribution in [0.5, 0.6) is 5.75 Å². The van der Waals surface area contributed by atoms with Crippen molar-refractivity contribution in [1.82, 2.24) is 10.6 Å². The molecule has 0 bridgehead atoms. The van der Waals surface area contributed by atoms with Gasteiger partial charge in [-0.3, -0.25) is 34.0 Å². The minimum absolute atomic E-state index is 0.0147. The normalized spacial score (nSPS) is 12.7. The van der Waals surface area contributed by atoms with E-state index < -0.39 is 12.0 Å². The number of ketones is 3. The average Bonchev–Trinajstić information content (AvgIpc) is 3.07. The first kappa shape index (κ1) is 44.5. The van der Waals surface area contributed by atoms with Crippen LogP contribution in [-0.4, -0.2) is 71.9 Å². The Morgan fingerprint density at radius 1 is 0.725 bits per heavy atom. The predicted octanol–water partition coefficient (Wildman–Crippen LogP) is 2.77. The molecular formula is C37H62N8O6. The van der Waals surface area contributed by atoms with E-state index in [4.69, 9.17) is 22.9 Å². The van der Waals surface area contributed by atoms with Crippen molar-refractivity contribution >= 4 is 41.1 Å². The number of benzene rings is 1. The van der Waals surface area contributed by atoms with Crippen LogP contribution in [0, 0.1) is 17.8 Å². The van der Waals surface area contributed by atoms with Gasteiger partial charge in [0.25, 0.3) is 0 Å². The predicted molar refractivity (Wildman–Crippen MR) is 201 cm³/mol. The molecule has 0 aliphatic rings. The molecule has 51 heavy (non-hydrogen) atoms. The number of aromatic hydroxyl groups is 1. The highest BCUT2D eigenvalue weighted by atomic mass is 16.3. The van der Waals surface area contributed by atoms with E-state index in [0.29, 0.717) is 90.3 Å². The highest BCUT2D eigenvalue weighted by molar-refractivity contribution is 5.93. The van der Waals surface area contributed by atoms with Crippen molar-refractivity contribution in [2.45, 2.75) is 117 Å². The van der Waals surface area contributed by atoms with Crippen molar-refractivity contribution in [2.24, 2.45) is 50.7 Å². The average molecular weight is 715 g/mol. The molecule has 1 aromatic rings. The second-order valence-electron chi connectivity index (χ2n) is 13.4. The molecule has 0 aliphatic carbocycles. The van der Waals surface area contributed by atoms with Crippen molar-refractivity contribution in [1.29, 1.82) is 0 Å². The maximum absolute atomic E-state index is 13.9. The molecule has 2 amide bonds. The topological polar surface area (TPSA) is 258 Å². The van der Waals surface area contributed by atoms with Crippen LogP contribution in [-0.2, 0) is 30.4 Å². The van der Waals surface area contributed by atoms with E-state index in [0.717, 1.165) is 12.0 Å². The van der Waals surface area contributed by atoms with E-state index in [1.54, 1.807) is 12.1 Å². The highest BCUT2D eigenvalue weighted by Gasteiger charge is 2.29. The van der Waals surface area contributed by atoms with Crippen molar-refractivity contribution < 1.29 is 29.1 Å². The SMILES string of the molecule is CCC(CCCN=C(N)N)C(=O)NC(Cc1ccc(O)cc1)C(=O)CC(CCCN=C(N)N)C(=O)NCCCCCC(=O)CCCC(=O)C(C)C. The number of carbonyl (C=O) groups is 5. The number of nitrogens with zero attached hydrogens (tertiary/aromatic N) is 2. The van der Waals surface area contributed by atoms with Crippen LogP contribution in [0.2, 0.25) is 0 Å². The van der Waals surface area contributed by atoms with E-state index in [9.17, 15) is 29.1 Å². The summed E-state index contributed by atoms with van der Waals surface area (Å²) in [4.78, 5) is 72.6. The third-order valence-electron chi connectivity index (χ3n) is 8.73. The Kier molecular flexibility index (Phi) is 22.2. The summed E-state index contributed by atoms with van der Waals surface area (Å²) >= 11 is 0. The number of aliphatic imine (C=N–C) groups is 2. The van der Waals surface area contributed by atoms with Gasteiger partial charge in [0.05, 0.1) is 6.04 Å². The molecule has 3 atom stereocenters. The molecule has 0 heterocycles. The summed E-state index contributed by atoms with van der Waals surface area (Å²) in [6, 6.07) is 5.51. The lowest BCUT2D eigenvalue weighted by Crippen LogP contribution is -2.46. The molecule has 0 radical (unpaired) electrons. The molecule has 0 spiro atoms. The first-order valence-electron chi connectivity index (χ1n) is 18.3. The molecule has 0 saturated carbocycles.